The van der Waals surface area contributed by atoms with Crippen LogP contribution in [0, 0.1) is 5.92 Å². The maximum absolute atomic E-state index is 12.4. The fourth-order valence-corrected chi connectivity index (χ4v) is 3.69. The van der Waals surface area contributed by atoms with E-state index in [1.54, 1.807) is 19.1 Å². The molecule has 0 radical (unpaired) electrons. The van der Waals surface area contributed by atoms with Crippen LogP contribution in [0.4, 0.5) is 0 Å². The van der Waals surface area contributed by atoms with Gasteiger partial charge in [0.05, 0.1) is 11.9 Å². The molecule has 0 bridgehead atoms. The Hall–Kier alpha value is -2.55. The molecule has 1 saturated carbocycles. The van der Waals surface area contributed by atoms with Crippen LogP contribution in [0.1, 0.15) is 61.4 Å². The zero-order valence-electron chi connectivity index (χ0n) is 16.5. The van der Waals surface area contributed by atoms with E-state index in [1.807, 2.05) is 0 Å². The van der Waals surface area contributed by atoms with Crippen molar-refractivity contribution in [3.63, 3.8) is 0 Å². The Balaban J connectivity index is 1.58. The monoisotopic (exact) mass is 403 g/mol. The number of esters is 2. The van der Waals surface area contributed by atoms with E-state index in [-0.39, 0.29) is 29.1 Å². The highest BCUT2D eigenvalue weighted by Crippen LogP contribution is 2.31. The number of carbonyl (C=O) groups is 3. The third-order valence-corrected chi connectivity index (χ3v) is 5.34. The molecular formula is C20H26BNO7. The van der Waals surface area contributed by atoms with Crippen LogP contribution < -0.4 is 9.97 Å². The Morgan fingerprint density at radius 2 is 1.97 bits per heavy atom. The molecule has 2 aliphatic rings. The third kappa shape index (κ3) is 5.29. The zero-order valence-corrected chi connectivity index (χ0v) is 16.5. The van der Waals surface area contributed by atoms with Gasteiger partial charge in [0.2, 0.25) is 12.7 Å². The van der Waals surface area contributed by atoms with Crippen LogP contribution in [-0.2, 0) is 25.5 Å². The summed E-state index contributed by atoms with van der Waals surface area (Å²) in [6.07, 6.45) is 5.37. The van der Waals surface area contributed by atoms with Gasteiger partial charge in [-0.15, -0.1) is 0 Å². The summed E-state index contributed by atoms with van der Waals surface area (Å²) in [5.74, 6) is -1.75. The van der Waals surface area contributed by atoms with Crippen LogP contribution in [0.25, 0.3) is 0 Å². The van der Waals surface area contributed by atoms with Crippen molar-refractivity contribution >= 4 is 25.0 Å². The fourth-order valence-electron chi connectivity index (χ4n) is 3.69. The van der Waals surface area contributed by atoms with Gasteiger partial charge in [0.25, 0.3) is 0 Å². The van der Waals surface area contributed by atoms with Gasteiger partial charge in [0.1, 0.15) is 11.3 Å². The maximum atomic E-state index is 12.4. The number of nitrogens with one attached hydrogen (secondary N) is 1. The normalized spacial score (nSPS) is 19.0. The topological polar surface area (TPSA) is 111 Å². The molecule has 9 heteroatoms. The Morgan fingerprint density at radius 1 is 1.21 bits per heavy atom. The first kappa shape index (κ1) is 21.2. The van der Waals surface area contributed by atoms with E-state index in [9.17, 15) is 19.4 Å². The van der Waals surface area contributed by atoms with Gasteiger partial charge in [0, 0.05) is 6.42 Å². The fraction of sp³-hybridized carbons (Fsp3) is 0.550. The second-order valence-corrected chi connectivity index (χ2v) is 7.38. The van der Waals surface area contributed by atoms with Gasteiger partial charge in [0.15, 0.2) is 0 Å². The van der Waals surface area contributed by atoms with Gasteiger partial charge >= 0.3 is 19.1 Å². The largest absolute Gasteiger partial charge is 0.547 e. The van der Waals surface area contributed by atoms with E-state index in [2.05, 4.69) is 5.32 Å². The summed E-state index contributed by atoms with van der Waals surface area (Å²) < 4.78 is 15.7. The molecule has 0 unspecified atom stereocenters. The second-order valence-electron chi connectivity index (χ2n) is 7.38. The number of hydrogen-bond donors (Lipinski definition) is 2. The minimum atomic E-state index is -1.28. The lowest BCUT2D eigenvalue weighted by atomic mass is 9.72. The van der Waals surface area contributed by atoms with E-state index >= 15 is 0 Å². The summed E-state index contributed by atoms with van der Waals surface area (Å²) >= 11 is 0. The van der Waals surface area contributed by atoms with Crippen molar-refractivity contribution in [3.05, 3.63) is 29.3 Å². The average Bonchev–Trinajstić information content (AvgIpc) is 2.74. The van der Waals surface area contributed by atoms with Crippen molar-refractivity contribution in [2.75, 3.05) is 6.79 Å². The van der Waals surface area contributed by atoms with E-state index in [4.69, 9.17) is 14.1 Å². The van der Waals surface area contributed by atoms with Gasteiger partial charge in [-0.2, -0.15) is 0 Å². The van der Waals surface area contributed by atoms with Gasteiger partial charge < -0.3 is 24.5 Å². The molecule has 1 aliphatic carbocycles. The molecule has 1 aliphatic heterocycles. The molecule has 2 N–H and O–H groups in total. The molecule has 29 heavy (non-hydrogen) atoms. The molecule has 0 spiro atoms. The van der Waals surface area contributed by atoms with Crippen LogP contribution in [0.2, 0.25) is 0 Å². The Morgan fingerprint density at radius 3 is 2.69 bits per heavy atom. The van der Waals surface area contributed by atoms with E-state index in [0.717, 1.165) is 32.1 Å². The summed E-state index contributed by atoms with van der Waals surface area (Å²) in [5.41, 5.74) is 0.806. The van der Waals surface area contributed by atoms with Crippen molar-refractivity contribution in [1.29, 1.82) is 0 Å². The molecule has 156 valence electrons. The van der Waals surface area contributed by atoms with Crippen LogP contribution >= 0.6 is 0 Å². The lowest BCUT2D eigenvalue weighted by molar-refractivity contribution is -0.158. The molecule has 0 saturated heterocycles. The summed E-state index contributed by atoms with van der Waals surface area (Å²) in [6.45, 7) is 1.25. The van der Waals surface area contributed by atoms with Crippen molar-refractivity contribution < 1.29 is 33.5 Å². The lowest BCUT2D eigenvalue weighted by Gasteiger charge is -2.29. The number of benzene rings is 1. The molecular weight excluding hydrogens is 377 g/mol. The van der Waals surface area contributed by atoms with Crippen LogP contribution in [0.15, 0.2) is 18.2 Å². The second kappa shape index (κ2) is 9.78. The summed E-state index contributed by atoms with van der Waals surface area (Å²) in [6, 6.07) is 4.94. The van der Waals surface area contributed by atoms with E-state index in [0.29, 0.717) is 18.4 Å². The molecule has 1 aromatic carbocycles. The van der Waals surface area contributed by atoms with Gasteiger partial charge in [-0.3, -0.25) is 9.59 Å². The van der Waals surface area contributed by atoms with E-state index in [1.165, 1.54) is 6.07 Å². The summed E-state index contributed by atoms with van der Waals surface area (Å²) in [4.78, 5) is 36.1. The molecule has 1 atom stereocenters. The van der Waals surface area contributed by atoms with Crippen molar-refractivity contribution in [2.24, 2.45) is 5.92 Å². The molecule has 1 aromatic rings. The average molecular weight is 403 g/mol. The Labute approximate surface area is 170 Å². The van der Waals surface area contributed by atoms with Gasteiger partial charge in [-0.25, -0.2) is 4.79 Å². The van der Waals surface area contributed by atoms with Crippen molar-refractivity contribution in [1.82, 2.24) is 5.32 Å². The molecule has 0 aromatic heterocycles. The maximum Gasteiger partial charge on any atom is 0.547 e. The molecule has 1 fully saturated rings. The highest BCUT2D eigenvalue weighted by Gasteiger charge is 2.37. The molecule has 1 amide bonds. The summed E-state index contributed by atoms with van der Waals surface area (Å²) in [5, 5.41) is 12.9. The predicted octanol–water partition coefficient (Wildman–Crippen LogP) is 1.77. The Kier molecular flexibility index (Phi) is 7.14. The van der Waals surface area contributed by atoms with Gasteiger partial charge in [-0.1, -0.05) is 38.3 Å². The van der Waals surface area contributed by atoms with Gasteiger partial charge in [-0.05, 0) is 30.9 Å². The number of amides is 1. The number of fused-ring (bicyclic) bond motifs is 1. The minimum absolute atomic E-state index is 0.124. The smallest absolute Gasteiger partial charge is 0.534 e. The zero-order chi connectivity index (χ0) is 20.8. The summed E-state index contributed by atoms with van der Waals surface area (Å²) in [7, 11) is -1.28. The minimum Gasteiger partial charge on any atom is -0.534 e. The lowest BCUT2D eigenvalue weighted by Crippen LogP contribution is -2.53. The molecule has 3 rings (SSSR count). The number of carbonyl (C=O) groups excluding carboxylic acids is 3. The van der Waals surface area contributed by atoms with Crippen molar-refractivity contribution in [2.45, 2.75) is 57.8 Å². The number of ether oxygens (including phenoxy) is 2. The van der Waals surface area contributed by atoms with E-state index < -0.39 is 25.8 Å². The third-order valence-electron chi connectivity index (χ3n) is 5.34. The number of para-hydroxylation sites is 1. The number of rotatable bonds is 6. The highest BCUT2D eigenvalue weighted by molar-refractivity contribution is 6.47. The van der Waals surface area contributed by atoms with Crippen molar-refractivity contribution in [3.8, 4) is 5.75 Å². The van der Waals surface area contributed by atoms with Crippen LogP contribution in [0.3, 0.4) is 0 Å². The molecule has 8 nitrogen and oxygen atoms in total. The quantitative estimate of drug-likeness (QED) is 0.423. The number of hydrogen-bond acceptors (Lipinski definition) is 7. The van der Waals surface area contributed by atoms with Crippen LogP contribution in [-0.4, -0.2) is 42.7 Å². The molecule has 1 heterocycles. The predicted molar refractivity (Wildman–Crippen MR) is 104 cm³/mol. The van der Waals surface area contributed by atoms with Crippen LogP contribution in [0.5, 0.6) is 5.75 Å². The first-order chi connectivity index (χ1) is 14.0. The first-order valence-corrected chi connectivity index (χ1v) is 10.1. The first-order valence-electron chi connectivity index (χ1n) is 10.1. The standard InChI is InChI=1S/C20H26BNO7/c1-2-17(23)22-16-11-14-9-6-10-15(18(14)29-21(16)26)20(25)28-12-27-19(24)13-7-4-3-5-8-13/h6,9-10,13,16,26H,2-5,7-8,11-12H2,1H3,(H,22,23)/t16-/m0/s1. The highest BCUT2D eigenvalue weighted by atomic mass is 16.7. The Bertz CT molecular complexity index is 763. The SMILES string of the molecule is CCC(=O)N[C@H]1Cc2cccc(C(=O)OCOC(=O)C3CCCCC3)c2OB1O.